The van der Waals surface area contributed by atoms with Gasteiger partial charge in [0.1, 0.15) is 6.10 Å². The molecule has 0 saturated carbocycles. The molecule has 0 amide bonds. The van der Waals surface area contributed by atoms with Crippen LogP contribution in [0.4, 0.5) is 0 Å². The lowest BCUT2D eigenvalue weighted by Crippen LogP contribution is -2.19. The van der Waals surface area contributed by atoms with Gasteiger partial charge in [-0.25, -0.2) is 0 Å². The molecule has 0 radical (unpaired) electrons. The van der Waals surface area contributed by atoms with Crippen LogP contribution in [-0.4, -0.2) is 36.1 Å². The maximum atomic E-state index is 9.09. The number of ether oxygens (including phenoxy) is 1. The van der Waals surface area contributed by atoms with E-state index in [1.165, 1.54) is 70.6 Å². The molecule has 1 unspecified atom stereocenters. The first kappa shape index (κ1) is 21.6. The van der Waals surface area contributed by atoms with Crippen LogP contribution in [0.3, 0.4) is 0 Å². The normalized spacial score (nSPS) is 13.0. The molecule has 3 nitrogen and oxygen atoms in total. The molecule has 1 atom stereocenters. The fourth-order valence-electron chi connectivity index (χ4n) is 2.37. The molecule has 0 fully saturated rings. The lowest BCUT2D eigenvalue weighted by Gasteiger charge is -2.07. The van der Waals surface area contributed by atoms with E-state index in [9.17, 15) is 0 Å². The van der Waals surface area contributed by atoms with Crippen molar-refractivity contribution in [1.29, 1.82) is 0 Å². The van der Waals surface area contributed by atoms with Gasteiger partial charge in [0.25, 0.3) is 0 Å². The van der Waals surface area contributed by atoms with Crippen LogP contribution in [0, 0.1) is 0 Å². The summed E-state index contributed by atoms with van der Waals surface area (Å²) in [6, 6.07) is 0. The van der Waals surface area contributed by atoms with Gasteiger partial charge >= 0.3 is 0 Å². The molecule has 0 aliphatic rings. The third kappa shape index (κ3) is 17.7. The van der Waals surface area contributed by atoms with Crippen molar-refractivity contribution in [3.8, 4) is 0 Å². The molecule has 0 heterocycles. The Morgan fingerprint density at radius 2 is 1.36 bits per heavy atom. The zero-order valence-corrected chi connectivity index (χ0v) is 14.6. The highest BCUT2D eigenvalue weighted by molar-refractivity contribution is 4.81. The largest absolute Gasteiger partial charge is 0.394 e. The standard InChI is InChI=1S/C19H38O3/c1-2-3-4-5-6-7-8-9-10-11-12-13-14-15-16-22-18-19(21)17-20/h7-8,19-21H,2-6,9-18H2,1H3. The summed E-state index contributed by atoms with van der Waals surface area (Å²) in [5.74, 6) is 0. The summed E-state index contributed by atoms with van der Waals surface area (Å²) < 4.78 is 5.27. The minimum absolute atomic E-state index is 0.215. The molecule has 0 saturated heterocycles. The summed E-state index contributed by atoms with van der Waals surface area (Å²) in [6.07, 6.45) is 19.4. The van der Waals surface area contributed by atoms with Gasteiger partial charge in [-0.1, -0.05) is 64.0 Å². The van der Waals surface area contributed by atoms with Crippen molar-refractivity contribution >= 4 is 0 Å². The molecule has 0 aliphatic carbocycles. The van der Waals surface area contributed by atoms with Crippen molar-refractivity contribution in [3.05, 3.63) is 12.2 Å². The Hall–Kier alpha value is -0.380. The Morgan fingerprint density at radius 1 is 0.818 bits per heavy atom. The number of hydrogen-bond donors (Lipinski definition) is 2. The number of aliphatic hydroxyl groups is 2. The van der Waals surface area contributed by atoms with Gasteiger partial charge in [0.15, 0.2) is 0 Å². The van der Waals surface area contributed by atoms with Gasteiger partial charge < -0.3 is 14.9 Å². The summed E-state index contributed by atoms with van der Waals surface area (Å²) in [7, 11) is 0. The van der Waals surface area contributed by atoms with Crippen LogP contribution in [0.15, 0.2) is 12.2 Å². The number of allylic oxidation sites excluding steroid dienone is 2. The number of hydrogen-bond acceptors (Lipinski definition) is 3. The Bertz CT molecular complexity index is 229. The molecular formula is C19H38O3. The zero-order chi connectivity index (χ0) is 16.3. The molecule has 132 valence electrons. The average Bonchev–Trinajstić information content (AvgIpc) is 2.54. The maximum Gasteiger partial charge on any atom is 0.100 e. The van der Waals surface area contributed by atoms with Crippen LogP contribution in [0.1, 0.15) is 84.0 Å². The molecule has 0 aliphatic heterocycles. The van der Waals surface area contributed by atoms with Gasteiger partial charge in [-0.05, 0) is 32.1 Å². The molecule has 0 bridgehead atoms. The summed E-state index contributed by atoms with van der Waals surface area (Å²) in [5.41, 5.74) is 0. The summed E-state index contributed by atoms with van der Waals surface area (Å²) >= 11 is 0. The van der Waals surface area contributed by atoms with Crippen molar-refractivity contribution in [3.63, 3.8) is 0 Å². The predicted molar refractivity (Wildman–Crippen MR) is 94.1 cm³/mol. The molecule has 22 heavy (non-hydrogen) atoms. The van der Waals surface area contributed by atoms with E-state index in [0.717, 1.165) is 6.42 Å². The van der Waals surface area contributed by atoms with E-state index in [4.69, 9.17) is 14.9 Å². The molecule has 3 heteroatoms. The van der Waals surface area contributed by atoms with Crippen LogP contribution in [0.5, 0.6) is 0 Å². The third-order valence-electron chi connectivity index (χ3n) is 3.82. The lowest BCUT2D eigenvalue weighted by atomic mass is 10.1. The van der Waals surface area contributed by atoms with E-state index in [-0.39, 0.29) is 13.2 Å². The van der Waals surface area contributed by atoms with Gasteiger partial charge in [-0.2, -0.15) is 0 Å². The first-order chi connectivity index (χ1) is 10.8. The van der Waals surface area contributed by atoms with Gasteiger partial charge in [-0.15, -0.1) is 0 Å². The second-order valence-corrected chi connectivity index (χ2v) is 6.14. The molecule has 0 spiro atoms. The van der Waals surface area contributed by atoms with E-state index in [0.29, 0.717) is 6.61 Å². The van der Waals surface area contributed by atoms with E-state index < -0.39 is 6.10 Å². The second-order valence-electron chi connectivity index (χ2n) is 6.14. The fourth-order valence-corrected chi connectivity index (χ4v) is 2.37. The van der Waals surface area contributed by atoms with Gasteiger partial charge in [0.05, 0.1) is 13.2 Å². The molecule has 0 aromatic heterocycles. The Labute approximate surface area is 137 Å². The molecule has 0 aromatic carbocycles. The third-order valence-corrected chi connectivity index (χ3v) is 3.82. The van der Waals surface area contributed by atoms with E-state index >= 15 is 0 Å². The van der Waals surface area contributed by atoms with Crippen LogP contribution >= 0.6 is 0 Å². The fraction of sp³-hybridized carbons (Fsp3) is 0.895. The lowest BCUT2D eigenvalue weighted by molar-refractivity contribution is 0.00526. The monoisotopic (exact) mass is 314 g/mol. The summed E-state index contributed by atoms with van der Waals surface area (Å²) in [5, 5.41) is 17.7. The van der Waals surface area contributed by atoms with Gasteiger partial charge in [-0.3, -0.25) is 0 Å². The SMILES string of the molecule is CCCCCCC=CCCCCCCCCOCC(O)CO. The topological polar surface area (TPSA) is 49.7 Å². The van der Waals surface area contributed by atoms with Crippen molar-refractivity contribution in [2.75, 3.05) is 19.8 Å². The van der Waals surface area contributed by atoms with E-state index in [1.807, 2.05) is 0 Å². The second kappa shape index (κ2) is 18.7. The summed E-state index contributed by atoms with van der Waals surface area (Å²) in [6.45, 7) is 2.98. The number of unbranched alkanes of at least 4 members (excludes halogenated alkanes) is 10. The first-order valence-electron chi connectivity index (χ1n) is 9.33. The molecule has 0 aromatic rings. The van der Waals surface area contributed by atoms with Gasteiger partial charge in [0.2, 0.25) is 0 Å². The first-order valence-corrected chi connectivity index (χ1v) is 9.33. The number of aliphatic hydroxyl groups excluding tert-OH is 2. The highest BCUT2D eigenvalue weighted by Gasteiger charge is 2.00. The molecule has 0 rings (SSSR count). The van der Waals surface area contributed by atoms with Crippen molar-refractivity contribution in [1.82, 2.24) is 0 Å². The Balaban J connectivity index is 3.06. The zero-order valence-electron chi connectivity index (χ0n) is 14.6. The highest BCUT2D eigenvalue weighted by Crippen LogP contribution is 2.09. The average molecular weight is 315 g/mol. The Kier molecular flexibility index (Phi) is 18.3. The molecular weight excluding hydrogens is 276 g/mol. The van der Waals surface area contributed by atoms with Crippen LogP contribution in [0.2, 0.25) is 0 Å². The van der Waals surface area contributed by atoms with Crippen LogP contribution < -0.4 is 0 Å². The van der Waals surface area contributed by atoms with Crippen molar-refractivity contribution < 1.29 is 14.9 Å². The smallest absolute Gasteiger partial charge is 0.100 e. The van der Waals surface area contributed by atoms with E-state index in [2.05, 4.69) is 19.1 Å². The van der Waals surface area contributed by atoms with Crippen LogP contribution in [-0.2, 0) is 4.74 Å². The molecule has 2 N–H and O–H groups in total. The minimum Gasteiger partial charge on any atom is -0.394 e. The highest BCUT2D eigenvalue weighted by atomic mass is 16.5. The van der Waals surface area contributed by atoms with Crippen molar-refractivity contribution in [2.45, 2.75) is 90.1 Å². The summed E-state index contributed by atoms with van der Waals surface area (Å²) in [4.78, 5) is 0. The quantitative estimate of drug-likeness (QED) is 0.304. The van der Waals surface area contributed by atoms with E-state index in [1.54, 1.807) is 0 Å². The Morgan fingerprint density at radius 3 is 1.95 bits per heavy atom. The minimum atomic E-state index is -0.723. The van der Waals surface area contributed by atoms with Crippen LogP contribution in [0.25, 0.3) is 0 Å². The number of rotatable bonds is 17. The van der Waals surface area contributed by atoms with Crippen molar-refractivity contribution in [2.24, 2.45) is 0 Å². The van der Waals surface area contributed by atoms with Gasteiger partial charge in [0, 0.05) is 6.61 Å². The predicted octanol–water partition coefficient (Wildman–Crippen LogP) is 4.61. The maximum absolute atomic E-state index is 9.09.